The van der Waals surface area contributed by atoms with Crippen molar-refractivity contribution in [3.63, 3.8) is 0 Å². The highest BCUT2D eigenvalue weighted by molar-refractivity contribution is 9.10. The normalized spacial score (nSPS) is 19.2. The highest BCUT2D eigenvalue weighted by Gasteiger charge is 2.24. The smallest absolute Gasteiger partial charge is 0.363 e. The molecule has 0 atom stereocenters. The molecule has 7 heteroatoms. The molecule has 0 amide bonds. The SMILES string of the molecule is O=C1OC(c2ccc(Br)cc2)=NC1=Cc1ccc(N2CCOCC2)s1. The number of ether oxygens (including phenoxy) is 2. The van der Waals surface area contributed by atoms with E-state index in [-0.39, 0.29) is 0 Å². The zero-order valence-electron chi connectivity index (χ0n) is 13.3. The van der Waals surface area contributed by atoms with Crippen LogP contribution in [0.25, 0.3) is 6.08 Å². The molecule has 3 heterocycles. The molecule has 128 valence electrons. The van der Waals surface area contributed by atoms with E-state index < -0.39 is 5.97 Å². The molecule has 1 saturated heterocycles. The lowest BCUT2D eigenvalue weighted by molar-refractivity contribution is -0.129. The zero-order chi connectivity index (χ0) is 17.2. The molecule has 0 saturated carbocycles. The van der Waals surface area contributed by atoms with Gasteiger partial charge in [0, 0.05) is 28.0 Å². The van der Waals surface area contributed by atoms with Gasteiger partial charge in [-0.1, -0.05) is 15.9 Å². The van der Waals surface area contributed by atoms with E-state index in [9.17, 15) is 4.79 Å². The summed E-state index contributed by atoms with van der Waals surface area (Å²) in [4.78, 5) is 19.7. The molecule has 4 rings (SSSR count). The van der Waals surface area contributed by atoms with Gasteiger partial charge in [-0.15, -0.1) is 11.3 Å². The second-order valence-electron chi connectivity index (χ2n) is 5.62. The molecular weight excluding hydrogens is 404 g/mol. The summed E-state index contributed by atoms with van der Waals surface area (Å²) in [6, 6.07) is 11.6. The molecule has 5 nitrogen and oxygen atoms in total. The van der Waals surface area contributed by atoms with E-state index in [1.807, 2.05) is 30.3 Å². The number of thiophene rings is 1. The van der Waals surface area contributed by atoms with Crippen LogP contribution in [0.15, 0.2) is 51.6 Å². The Kier molecular flexibility index (Phi) is 4.70. The van der Waals surface area contributed by atoms with Gasteiger partial charge in [-0.05, 0) is 42.5 Å². The van der Waals surface area contributed by atoms with Crippen molar-refractivity contribution in [3.8, 4) is 0 Å². The summed E-state index contributed by atoms with van der Waals surface area (Å²) in [6.07, 6.45) is 1.78. The fourth-order valence-corrected chi connectivity index (χ4v) is 3.89. The van der Waals surface area contributed by atoms with E-state index in [1.54, 1.807) is 17.4 Å². The molecule has 2 aromatic rings. The average molecular weight is 419 g/mol. The maximum absolute atomic E-state index is 12.1. The highest BCUT2D eigenvalue weighted by Crippen LogP contribution is 2.29. The molecule has 2 aliphatic rings. The van der Waals surface area contributed by atoms with Gasteiger partial charge in [0.15, 0.2) is 5.70 Å². The summed E-state index contributed by atoms with van der Waals surface area (Å²) in [6.45, 7) is 3.29. The maximum atomic E-state index is 12.1. The first-order valence-corrected chi connectivity index (χ1v) is 9.51. The molecule has 1 aromatic heterocycles. The minimum Gasteiger partial charge on any atom is -0.402 e. The molecule has 0 radical (unpaired) electrons. The summed E-state index contributed by atoms with van der Waals surface area (Å²) >= 11 is 5.03. The first-order valence-electron chi connectivity index (χ1n) is 7.90. The first kappa shape index (κ1) is 16.5. The van der Waals surface area contributed by atoms with E-state index in [4.69, 9.17) is 9.47 Å². The third kappa shape index (κ3) is 3.68. The second kappa shape index (κ2) is 7.11. The van der Waals surface area contributed by atoms with Crippen molar-refractivity contribution >= 4 is 50.2 Å². The van der Waals surface area contributed by atoms with Crippen LogP contribution in [0, 0.1) is 0 Å². The van der Waals surface area contributed by atoms with Gasteiger partial charge in [0.1, 0.15) is 0 Å². The van der Waals surface area contributed by atoms with Gasteiger partial charge in [0.2, 0.25) is 5.90 Å². The minimum atomic E-state index is -0.417. The Hall–Kier alpha value is -1.96. The van der Waals surface area contributed by atoms with Crippen LogP contribution < -0.4 is 4.90 Å². The Balaban J connectivity index is 1.55. The van der Waals surface area contributed by atoms with Crippen molar-refractivity contribution in [1.29, 1.82) is 0 Å². The van der Waals surface area contributed by atoms with Crippen LogP contribution >= 0.6 is 27.3 Å². The molecule has 1 fully saturated rings. The number of rotatable bonds is 3. The van der Waals surface area contributed by atoms with Crippen LogP contribution in [0.2, 0.25) is 0 Å². The van der Waals surface area contributed by atoms with Gasteiger partial charge < -0.3 is 14.4 Å². The molecule has 0 spiro atoms. The largest absolute Gasteiger partial charge is 0.402 e. The predicted octanol–water partition coefficient (Wildman–Crippen LogP) is 3.69. The number of halogens is 1. The van der Waals surface area contributed by atoms with E-state index in [2.05, 4.69) is 31.9 Å². The molecule has 1 aromatic carbocycles. The monoisotopic (exact) mass is 418 g/mol. The van der Waals surface area contributed by atoms with Gasteiger partial charge in [-0.2, -0.15) is 0 Å². The quantitative estimate of drug-likeness (QED) is 0.563. The molecule has 0 aliphatic carbocycles. The number of cyclic esters (lactones) is 1. The topological polar surface area (TPSA) is 51.1 Å². The summed E-state index contributed by atoms with van der Waals surface area (Å²) < 4.78 is 11.6. The molecule has 2 aliphatic heterocycles. The van der Waals surface area contributed by atoms with E-state index in [0.717, 1.165) is 41.2 Å². The highest BCUT2D eigenvalue weighted by atomic mass is 79.9. The number of nitrogens with zero attached hydrogens (tertiary/aromatic N) is 2. The summed E-state index contributed by atoms with van der Waals surface area (Å²) in [5.41, 5.74) is 1.11. The lowest BCUT2D eigenvalue weighted by Gasteiger charge is -2.27. The van der Waals surface area contributed by atoms with Crippen LogP contribution in [-0.2, 0) is 14.3 Å². The number of esters is 1. The molecule has 25 heavy (non-hydrogen) atoms. The lowest BCUT2D eigenvalue weighted by atomic mass is 10.2. The van der Waals surface area contributed by atoms with Gasteiger partial charge >= 0.3 is 5.97 Å². The number of hydrogen-bond donors (Lipinski definition) is 0. The number of morpholine rings is 1. The number of aliphatic imine (C=N–C) groups is 1. The van der Waals surface area contributed by atoms with Crippen LogP contribution in [0.1, 0.15) is 10.4 Å². The van der Waals surface area contributed by atoms with Crippen LogP contribution in [-0.4, -0.2) is 38.2 Å². The summed E-state index contributed by atoms with van der Waals surface area (Å²) in [5, 5.41) is 1.18. The van der Waals surface area contributed by atoms with Crippen molar-refractivity contribution in [2.24, 2.45) is 4.99 Å². The lowest BCUT2D eigenvalue weighted by Crippen LogP contribution is -2.35. The molecular formula is C18H15BrN2O3S. The van der Waals surface area contributed by atoms with Crippen molar-refractivity contribution in [1.82, 2.24) is 0 Å². The van der Waals surface area contributed by atoms with Crippen LogP contribution in [0.4, 0.5) is 5.00 Å². The number of hydrogen-bond acceptors (Lipinski definition) is 6. The van der Waals surface area contributed by atoms with E-state index >= 15 is 0 Å². The average Bonchev–Trinajstić information content (AvgIpc) is 3.24. The number of benzene rings is 1. The second-order valence-corrected chi connectivity index (χ2v) is 7.63. The van der Waals surface area contributed by atoms with E-state index in [1.165, 1.54) is 5.00 Å². The first-order chi connectivity index (χ1) is 12.2. The minimum absolute atomic E-state index is 0.327. The molecule has 0 N–H and O–H groups in total. The number of carbonyl (C=O) groups is 1. The summed E-state index contributed by atoms with van der Waals surface area (Å²) in [5.74, 6) is -0.0760. The predicted molar refractivity (Wildman–Crippen MR) is 102 cm³/mol. The Bertz CT molecular complexity index is 851. The fraction of sp³-hybridized carbons (Fsp3) is 0.222. The van der Waals surface area contributed by atoms with Gasteiger partial charge in [-0.3, -0.25) is 0 Å². The maximum Gasteiger partial charge on any atom is 0.363 e. The van der Waals surface area contributed by atoms with Gasteiger partial charge in [-0.25, -0.2) is 9.79 Å². The van der Waals surface area contributed by atoms with Gasteiger partial charge in [0.05, 0.1) is 18.2 Å². The Morgan fingerprint density at radius 2 is 1.88 bits per heavy atom. The van der Waals surface area contributed by atoms with Crippen molar-refractivity contribution in [2.45, 2.75) is 0 Å². The zero-order valence-corrected chi connectivity index (χ0v) is 15.7. The van der Waals surface area contributed by atoms with Crippen LogP contribution in [0.5, 0.6) is 0 Å². The Morgan fingerprint density at radius 1 is 1.12 bits per heavy atom. The van der Waals surface area contributed by atoms with Crippen molar-refractivity contribution in [2.75, 3.05) is 31.2 Å². The molecule has 0 bridgehead atoms. The summed E-state index contributed by atoms with van der Waals surface area (Å²) in [7, 11) is 0. The molecule has 0 unspecified atom stereocenters. The number of anilines is 1. The third-order valence-corrected chi connectivity index (χ3v) is 5.55. The number of carbonyl (C=O) groups excluding carboxylic acids is 1. The standard InChI is InChI=1S/C18H15BrN2O3S/c19-13-3-1-12(2-4-13)17-20-15(18(22)24-17)11-14-5-6-16(25-14)21-7-9-23-10-8-21/h1-6,11H,7-10H2. The van der Waals surface area contributed by atoms with Gasteiger partial charge in [0.25, 0.3) is 0 Å². The fourth-order valence-electron chi connectivity index (χ4n) is 2.63. The Labute approximate surface area is 157 Å². The third-order valence-electron chi connectivity index (χ3n) is 3.93. The van der Waals surface area contributed by atoms with Crippen molar-refractivity contribution in [3.05, 3.63) is 57.0 Å². The Morgan fingerprint density at radius 3 is 2.64 bits per heavy atom. The van der Waals surface area contributed by atoms with Crippen LogP contribution in [0.3, 0.4) is 0 Å². The van der Waals surface area contributed by atoms with Crippen molar-refractivity contribution < 1.29 is 14.3 Å². The van der Waals surface area contributed by atoms with E-state index in [0.29, 0.717) is 11.6 Å².